The van der Waals surface area contributed by atoms with Crippen LogP contribution < -0.4 is 15.5 Å². The molecular formula is C39H36FN3O2. The number of hydrogen-bond acceptors (Lipinski definition) is 3. The van der Waals surface area contributed by atoms with E-state index in [9.17, 15) is 14.0 Å². The van der Waals surface area contributed by atoms with Gasteiger partial charge in [0.05, 0.1) is 5.56 Å². The Bertz CT molecular complexity index is 1730. The molecule has 5 aromatic rings. The number of amides is 2. The molecule has 1 fully saturated rings. The van der Waals surface area contributed by atoms with Gasteiger partial charge in [0.1, 0.15) is 5.82 Å². The van der Waals surface area contributed by atoms with E-state index in [2.05, 4.69) is 39.8 Å². The highest BCUT2D eigenvalue weighted by Gasteiger charge is 2.24. The number of anilines is 2. The summed E-state index contributed by atoms with van der Waals surface area (Å²) in [7, 11) is 0. The lowest BCUT2D eigenvalue weighted by Gasteiger charge is -2.35. The summed E-state index contributed by atoms with van der Waals surface area (Å²) in [6, 6.07) is 39.7. The van der Waals surface area contributed by atoms with Crippen LogP contribution in [0.1, 0.15) is 44.7 Å². The van der Waals surface area contributed by atoms with Crippen molar-refractivity contribution in [3.05, 3.63) is 155 Å². The molecule has 0 unspecified atom stereocenters. The van der Waals surface area contributed by atoms with Crippen molar-refractivity contribution in [1.82, 2.24) is 5.32 Å². The van der Waals surface area contributed by atoms with Gasteiger partial charge in [0.15, 0.2) is 0 Å². The standard InChI is InChI=1S/C39H36FN3O2/c40-34-17-11-30(12-18-34)27-41-39(45)36-26-35(42-38(44)33-15-13-32(14-16-33)31-9-5-2-6-10-31)19-20-37(36)43-23-21-29(22-24-43)25-28-7-3-1-4-8-28/h1-20,26,29H,21-25,27H2,(H,41,45)(H,42,44). The second kappa shape index (κ2) is 14.0. The number of piperidine rings is 1. The summed E-state index contributed by atoms with van der Waals surface area (Å²) in [6.45, 7) is 1.95. The van der Waals surface area contributed by atoms with E-state index in [1.165, 1.54) is 17.7 Å². The minimum absolute atomic E-state index is 0.246. The Morgan fingerprint density at radius 1 is 0.689 bits per heavy atom. The molecule has 1 saturated heterocycles. The number of carbonyl (C=O) groups excluding carboxylic acids is 2. The highest BCUT2D eigenvalue weighted by atomic mass is 19.1. The van der Waals surface area contributed by atoms with Crippen LogP contribution in [0.25, 0.3) is 11.1 Å². The SMILES string of the molecule is O=C(Nc1ccc(N2CCC(Cc3ccccc3)CC2)c(C(=O)NCc2ccc(F)cc2)c1)c1ccc(-c2ccccc2)cc1. The minimum Gasteiger partial charge on any atom is -0.371 e. The maximum absolute atomic E-state index is 13.6. The van der Waals surface area contributed by atoms with E-state index < -0.39 is 0 Å². The fourth-order valence-electron chi connectivity index (χ4n) is 5.92. The Hall–Kier alpha value is -5.23. The molecule has 1 aliphatic heterocycles. The van der Waals surface area contributed by atoms with Crippen LogP contribution in [-0.4, -0.2) is 24.9 Å². The quantitative estimate of drug-likeness (QED) is 0.180. The van der Waals surface area contributed by atoms with Gasteiger partial charge in [-0.3, -0.25) is 9.59 Å². The summed E-state index contributed by atoms with van der Waals surface area (Å²) in [5.41, 5.74) is 6.68. The number of nitrogens with zero attached hydrogens (tertiary/aromatic N) is 1. The molecule has 0 atom stereocenters. The topological polar surface area (TPSA) is 61.4 Å². The van der Waals surface area contributed by atoms with Crippen molar-refractivity contribution < 1.29 is 14.0 Å². The zero-order valence-electron chi connectivity index (χ0n) is 25.1. The van der Waals surface area contributed by atoms with Gasteiger partial charge in [0, 0.05) is 36.6 Å². The van der Waals surface area contributed by atoms with Crippen LogP contribution in [0.15, 0.2) is 127 Å². The Kier molecular flexibility index (Phi) is 9.30. The normalized spacial score (nSPS) is 13.3. The molecule has 1 aliphatic rings. The third kappa shape index (κ3) is 7.65. The molecule has 0 spiro atoms. The number of rotatable bonds is 9. The van der Waals surface area contributed by atoms with Crippen LogP contribution in [0.3, 0.4) is 0 Å². The summed E-state index contributed by atoms with van der Waals surface area (Å²) in [4.78, 5) is 29.1. The number of nitrogens with one attached hydrogen (secondary N) is 2. The smallest absolute Gasteiger partial charge is 0.255 e. The first-order chi connectivity index (χ1) is 22.0. The molecule has 0 saturated carbocycles. The van der Waals surface area contributed by atoms with E-state index in [0.29, 0.717) is 22.7 Å². The van der Waals surface area contributed by atoms with Gasteiger partial charge in [0.2, 0.25) is 0 Å². The molecule has 5 nitrogen and oxygen atoms in total. The first-order valence-corrected chi connectivity index (χ1v) is 15.4. The molecule has 0 aromatic heterocycles. The summed E-state index contributed by atoms with van der Waals surface area (Å²) in [5.74, 6) is -0.224. The molecule has 0 aliphatic carbocycles. The maximum atomic E-state index is 13.6. The molecule has 6 heteroatoms. The van der Waals surface area contributed by atoms with Crippen molar-refractivity contribution in [2.45, 2.75) is 25.8 Å². The zero-order valence-corrected chi connectivity index (χ0v) is 25.1. The minimum atomic E-state index is -0.318. The number of benzene rings is 5. The van der Waals surface area contributed by atoms with Gasteiger partial charge in [-0.05, 0) is 89.9 Å². The Morgan fingerprint density at radius 3 is 2.02 bits per heavy atom. The van der Waals surface area contributed by atoms with E-state index >= 15 is 0 Å². The molecule has 226 valence electrons. The summed E-state index contributed by atoms with van der Waals surface area (Å²) >= 11 is 0. The van der Waals surface area contributed by atoms with Gasteiger partial charge >= 0.3 is 0 Å². The average molecular weight is 598 g/mol. The molecular weight excluding hydrogens is 561 g/mol. The van der Waals surface area contributed by atoms with Gasteiger partial charge in [-0.2, -0.15) is 0 Å². The van der Waals surface area contributed by atoms with Gasteiger partial charge in [-0.15, -0.1) is 0 Å². The molecule has 45 heavy (non-hydrogen) atoms. The summed E-state index contributed by atoms with van der Waals surface area (Å²) in [5, 5.41) is 5.97. The molecule has 5 aromatic carbocycles. The van der Waals surface area contributed by atoms with E-state index in [-0.39, 0.29) is 24.2 Å². The van der Waals surface area contributed by atoms with Crippen LogP contribution in [0.2, 0.25) is 0 Å². The molecule has 0 bridgehead atoms. The number of hydrogen-bond donors (Lipinski definition) is 2. The molecule has 2 N–H and O–H groups in total. The van der Waals surface area contributed by atoms with E-state index in [4.69, 9.17) is 0 Å². The Morgan fingerprint density at radius 2 is 1.33 bits per heavy atom. The van der Waals surface area contributed by atoms with Gasteiger partial charge < -0.3 is 15.5 Å². The zero-order chi connectivity index (χ0) is 31.0. The van der Waals surface area contributed by atoms with Crippen molar-refractivity contribution in [3.8, 4) is 11.1 Å². The van der Waals surface area contributed by atoms with Gasteiger partial charge in [-0.1, -0.05) is 84.9 Å². The first kappa shape index (κ1) is 29.8. The Labute approximate surface area is 263 Å². The highest BCUT2D eigenvalue weighted by Crippen LogP contribution is 2.30. The van der Waals surface area contributed by atoms with Crippen molar-refractivity contribution >= 4 is 23.2 Å². The summed E-state index contributed by atoms with van der Waals surface area (Å²) < 4.78 is 13.4. The molecule has 2 amide bonds. The van der Waals surface area contributed by atoms with E-state index in [1.807, 2.05) is 72.8 Å². The highest BCUT2D eigenvalue weighted by molar-refractivity contribution is 6.06. The predicted octanol–water partition coefficient (Wildman–Crippen LogP) is 8.13. The predicted molar refractivity (Wildman–Crippen MR) is 179 cm³/mol. The van der Waals surface area contributed by atoms with E-state index in [0.717, 1.165) is 54.7 Å². The average Bonchev–Trinajstić information content (AvgIpc) is 3.09. The van der Waals surface area contributed by atoms with Crippen molar-refractivity contribution in [2.75, 3.05) is 23.3 Å². The monoisotopic (exact) mass is 597 g/mol. The third-order valence-electron chi connectivity index (χ3n) is 8.44. The van der Waals surface area contributed by atoms with Crippen LogP contribution in [-0.2, 0) is 13.0 Å². The van der Waals surface area contributed by atoms with Crippen molar-refractivity contribution in [1.29, 1.82) is 0 Å². The second-order valence-corrected chi connectivity index (χ2v) is 11.6. The van der Waals surface area contributed by atoms with Crippen LogP contribution in [0.4, 0.5) is 15.8 Å². The van der Waals surface area contributed by atoms with Crippen LogP contribution >= 0.6 is 0 Å². The molecule has 0 radical (unpaired) electrons. The molecule has 6 rings (SSSR count). The maximum Gasteiger partial charge on any atom is 0.255 e. The lowest BCUT2D eigenvalue weighted by Crippen LogP contribution is -2.36. The summed E-state index contributed by atoms with van der Waals surface area (Å²) in [6.07, 6.45) is 3.11. The van der Waals surface area contributed by atoms with Crippen LogP contribution in [0.5, 0.6) is 0 Å². The van der Waals surface area contributed by atoms with Crippen molar-refractivity contribution in [2.24, 2.45) is 5.92 Å². The number of halogens is 1. The lowest BCUT2D eigenvalue weighted by molar-refractivity contribution is 0.0950. The van der Waals surface area contributed by atoms with Crippen LogP contribution in [0, 0.1) is 11.7 Å². The largest absolute Gasteiger partial charge is 0.371 e. The Balaban J connectivity index is 1.18. The van der Waals surface area contributed by atoms with Crippen molar-refractivity contribution in [3.63, 3.8) is 0 Å². The molecule has 1 heterocycles. The van der Waals surface area contributed by atoms with Gasteiger partial charge in [-0.25, -0.2) is 4.39 Å². The second-order valence-electron chi connectivity index (χ2n) is 11.6. The fraction of sp³-hybridized carbons (Fsp3) is 0.179. The lowest BCUT2D eigenvalue weighted by atomic mass is 9.89. The fourth-order valence-corrected chi connectivity index (χ4v) is 5.92. The van der Waals surface area contributed by atoms with Gasteiger partial charge in [0.25, 0.3) is 11.8 Å². The first-order valence-electron chi connectivity index (χ1n) is 15.4. The van der Waals surface area contributed by atoms with E-state index in [1.54, 1.807) is 18.2 Å². The third-order valence-corrected chi connectivity index (χ3v) is 8.44. The number of carbonyl (C=O) groups is 2.